The molecule has 1 heterocycles. The van der Waals surface area contributed by atoms with Crippen molar-refractivity contribution in [2.45, 2.75) is 52.4 Å². The second kappa shape index (κ2) is 4.15. The van der Waals surface area contributed by atoms with Crippen molar-refractivity contribution >= 4 is 5.84 Å². The van der Waals surface area contributed by atoms with Crippen molar-refractivity contribution in [1.29, 1.82) is 5.41 Å². The lowest BCUT2D eigenvalue weighted by Crippen LogP contribution is -2.43. The van der Waals surface area contributed by atoms with Gasteiger partial charge in [0.2, 0.25) is 0 Å². The summed E-state index contributed by atoms with van der Waals surface area (Å²) in [5.41, 5.74) is 0.688. The van der Waals surface area contributed by atoms with Crippen LogP contribution in [0.15, 0.2) is 0 Å². The molecule has 2 nitrogen and oxygen atoms in total. The predicted molar refractivity (Wildman–Crippen MR) is 64.3 cm³/mol. The van der Waals surface area contributed by atoms with Gasteiger partial charge in [0.1, 0.15) is 0 Å². The van der Waals surface area contributed by atoms with Crippen LogP contribution in [0.3, 0.4) is 0 Å². The SMILES string of the molecule is CC(C)C(=N)N1CCC2(CCCC2)CC1. The van der Waals surface area contributed by atoms with Gasteiger partial charge in [-0.05, 0) is 31.1 Å². The summed E-state index contributed by atoms with van der Waals surface area (Å²) in [4.78, 5) is 2.30. The third-order valence-electron chi connectivity index (χ3n) is 4.38. The van der Waals surface area contributed by atoms with Gasteiger partial charge in [0.05, 0.1) is 5.84 Å². The van der Waals surface area contributed by atoms with Crippen LogP contribution < -0.4 is 0 Å². The Morgan fingerprint density at radius 3 is 2.07 bits per heavy atom. The highest BCUT2D eigenvalue weighted by Crippen LogP contribution is 2.46. The Bertz CT molecular complexity index is 229. The minimum atomic E-state index is 0.391. The maximum absolute atomic E-state index is 8.02. The standard InChI is InChI=1S/C13H24N2/c1-11(2)12(14)15-9-7-13(8-10-15)5-3-4-6-13/h11,14H,3-10H2,1-2H3. The Balaban J connectivity index is 1.89. The number of piperidine rings is 1. The number of likely N-dealkylation sites (tertiary alicyclic amines) is 1. The van der Waals surface area contributed by atoms with Crippen LogP contribution in [-0.4, -0.2) is 23.8 Å². The fourth-order valence-electron chi connectivity index (χ4n) is 3.21. The van der Waals surface area contributed by atoms with Gasteiger partial charge in [-0.3, -0.25) is 5.41 Å². The Labute approximate surface area is 93.6 Å². The molecule has 0 aromatic rings. The molecule has 2 fully saturated rings. The molecule has 0 unspecified atom stereocenters. The molecule has 0 bridgehead atoms. The van der Waals surface area contributed by atoms with Crippen molar-refractivity contribution in [3.8, 4) is 0 Å². The van der Waals surface area contributed by atoms with E-state index < -0.39 is 0 Å². The number of nitrogens with zero attached hydrogens (tertiary/aromatic N) is 1. The molecule has 0 radical (unpaired) electrons. The third-order valence-corrected chi connectivity index (χ3v) is 4.38. The zero-order chi connectivity index (χ0) is 10.9. The smallest absolute Gasteiger partial charge is 0.0983 e. The zero-order valence-corrected chi connectivity index (χ0v) is 10.2. The lowest BCUT2D eigenvalue weighted by atomic mass is 9.77. The van der Waals surface area contributed by atoms with E-state index >= 15 is 0 Å². The molecular weight excluding hydrogens is 184 g/mol. The minimum Gasteiger partial charge on any atom is -0.360 e. The zero-order valence-electron chi connectivity index (χ0n) is 10.2. The van der Waals surface area contributed by atoms with E-state index in [0.29, 0.717) is 11.3 Å². The van der Waals surface area contributed by atoms with Crippen LogP contribution in [0.1, 0.15) is 52.4 Å². The summed E-state index contributed by atoms with van der Waals surface area (Å²) in [7, 11) is 0. The van der Waals surface area contributed by atoms with Crippen molar-refractivity contribution in [3.63, 3.8) is 0 Å². The van der Waals surface area contributed by atoms with Crippen LogP contribution in [0.2, 0.25) is 0 Å². The first-order chi connectivity index (χ1) is 7.13. The van der Waals surface area contributed by atoms with E-state index in [4.69, 9.17) is 5.41 Å². The normalized spacial score (nSPS) is 25.1. The molecule has 2 rings (SSSR count). The van der Waals surface area contributed by atoms with E-state index in [0.717, 1.165) is 18.9 Å². The van der Waals surface area contributed by atoms with E-state index in [2.05, 4.69) is 18.7 Å². The molecule has 2 heteroatoms. The van der Waals surface area contributed by atoms with Gasteiger partial charge in [0.15, 0.2) is 0 Å². The van der Waals surface area contributed by atoms with Crippen LogP contribution in [-0.2, 0) is 0 Å². The second-order valence-electron chi connectivity index (χ2n) is 5.73. The first-order valence-electron chi connectivity index (χ1n) is 6.46. The molecule has 86 valence electrons. The lowest BCUT2D eigenvalue weighted by molar-refractivity contribution is 0.150. The molecule has 1 aliphatic carbocycles. The lowest BCUT2D eigenvalue weighted by Gasteiger charge is -2.41. The molecule has 0 aromatic carbocycles. The van der Waals surface area contributed by atoms with Gasteiger partial charge in [0.25, 0.3) is 0 Å². The molecule has 0 aromatic heterocycles. The number of hydrogen-bond acceptors (Lipinski definition) is 1. The first-order valence-corrected chi connectivity index (χ1v) is 6.46. The van der Waals surface area contributed by atoms with Crippen molar-refractivity contribution < 1.29 is 0 Å². The van der Waals surface area contributed by atoms with Crippen molar-refractivity contribution in [3.05, 3.63) is 0 Å². The average molecular weight is 208 g/mol. The van der Waals surface area contributed by atoms with Crippen LogP contribution in [0.25, 0.3) is 0 Å². The highest BCUT2D eigenvalue weighted by molar-refractivity contribution is 5.81. The number of nitrogens with one attached hydrogen (secondary N) is 1. The van der Waals surface area contributed by atoms with Crippen molar-refractivity contribution in [2.24, 2.45) is 11.3 Å². The van der Waals surface area contributed by atoms with Gasteiger partial charge in [-0.1, -0.05) is 26.7 Å². The van der Waals surface area contributed by atoms with Crippen molar-refractivity contribution in [1.82, 2.24) is 4.90 Å². The Morgan fingerprint density at radius 1 is 1.07 bits per heavy atom. The summed E-state index contributed by atoms with van der Waals surface area (Å²) < 4.78 is 0. The van der Waals surface area contributed by atoms with Gasteiger partial charge in [-0.15, -0.1) is 0 Å². The van der Waals surface area contributed by atoms with Crippen LogP contribution in [0, 0.1) is 16.7 Å². The fourth-order valence-corrected chi connectivity index (χ4v) is 3.21. The van der Waals surface area contributed by atoms with Crippen LogP contribution in [0.5, 0.6) is 0 Å². The highest BCUT2D eigenvalue weighted by atomic mass is 15.2. The first kappa shape index (κ1) is 11.0. The molecule has 0 amide bonds. The van der Waals surface area contributed by atoms with Crippen molar-refractivity contribution in [2.75, 3.05) is 13.1 Å². The topological polar surface area (TPSA) is 27.1 Å². The molecule has 1 N–H and O–H groups in total. The molecule has 2 aliphatic rings. The van der Waals surface area contributed by atoms with E-state index in [9.17, 15) is 0 Å². The van der Waals surface area contributed by atoms with Gasteiger partial charge in [0, 0.05) is 19.0 Å². The number of amidine groups is 1. The molecular formula is C13H24N2. The largest absolute Gasteiger partial charge is 0.360 e. The van der Waals surface area contributed by atoms with Gasteiger partial charge >= 0.3 is 0 Å². The van der Waals surface area contributed by atoms with E-state index in [1.165, 1.54) is 38.5 Å². The predicted octanol–water partition coefficient (Wildman–Crippen LogP) is 3.28. The maximum atomic E-state index is 8.02. The van der Waals surface area contributed by atoms with Crippen LogP contribution >= 0.6 is 0 Å². The average Bonchev–Trinajstić information content (AvgIpc) is 2.67. The van der Waals surface area contributed by atoms with E-state index in [1.807, 2.05) is 0 Å². The number of hydrogen-bond donors (Lipinski definition) is 1. The molecule has 1 aliphatic heterocycles. The van der Waals surface area contributed by atoms with Gasteiger partial charge in [-0.2, -0.15) is 0 Å². The summed E-state index contributed by atoms with van der Waals surface area (Å²) in [5, 5.41) is 8.02. The molecule has 1 spiro atoms. The summed E-state index contributed by atoms with van der Waals surface area (Å²) in [6, 6.07) is 0. The summed E-state index contributed by atoms with van der Waals surface area (Å²) in [6.07, 6.45) is 8.47. The fraction of sp³-hybridized carbons (Fsp3) is 0.923. The molecule has 1 saturated heterocycles. The van der Waals surface area contributed by atoms with Gasteiger partial charge < -0.3 is 4.90 Å². The summed E-state index contributed by atoms with van der Waals surface area (Å²) in [6.45, 7) is 6.53. The minimum absolute atomic E-state index is 0.391. The summed E-state index contributed by atoms with van der Waals surface area (Å²) in [5.74, 6) is 1.24. The third kappa shape index (κ3) is 2.19. The van der Waals surface area contributed by atoms with E-state index in [-0.39, 0.29) is 0 Å². The Kier molecular flexibility index (Phi) is 3.03. The highest BCUT2D eigenvalue weighted by Gasteiger charge is 2.37. The second-order valence-corrected chi connectivity index (χ2v) is 5.73. The monoisotopic (exact) mass is 208 g/mol. The molecule has 0 atom stereocenters. The van der Waals surface area contributed by atoms with Gasteiger partial charge in [-0.25, -0.2) is 0 Å². The molecule has 1 saturated carbocycles. The maximum Gasteiger partial charge on any atom is 0.0983 e. The Hall–Kier alpha value is -0.530. The van der Waals surface area contributed by atoms with E-state index in [1.54, 1.807) is 0 Å². The summed E-state index contributed by atoms with van der Waals surface area (Å²) >= 11 is 0. The Morgan fingerprint density at radius 2 is 1.60 bits per heavy atom. The molecule has 15 heavy (non-hydrogen) atoms. The quantitative estimate of drug-likeness (QED) is 0.519. The number of rotatable bonds is 1. The van der Waals surface area contributed by atoms with Crippen LogP contribution in [0.4, 0.5) is 0 Å².